The zero-order valence-electron chi connectivity index (χ0n) is 52.6. The van der Waals surface area contributed by atoms with E-state index in [-0.39, 0.29) is 116 Å². The molecule has 3 aliphatic heterocycles. The van der Waals surface area contributed by atoms with Crippen molar-refractivity contribution >= 4 is 124 Å². The van der Waals surface area contributed by atoms with E-state index in [1.54, 1.807) is 38.1 Å². The molecule has 0 spiro atoms. The number of hydrogen-bond donors (Lipinski definition) is 11. The molecule has 96 heavy (non-hydrogen) atoms. The Bertz CT molecular complexity index is 3710. The first-order chi connectivity index (χ1) is 45.6. The van der Waals surface area contributed by atoms with Crippen LogP contribution in [0.4, 0.5) is 26.9 Å². The van der Waals surface area contributed by atoms with Gasteiger partial charge in [0.1, 0.15) is 60.8 Å². The SMILES string of the molecule is CC(CC(=O)NCCCCCC(=O)N[C@H](C(=O)C[C@@H](CCCNC(N)=O)C(=O)Nc1ccc(COC(=O)N(C)CCCC(=O)O[C@@H]2[C@@H]3OP(O)(=S)OC[C@H]4O[C@@H](n5cnc6c(N)ncnc65)[C@H](OP(O)(=S)OC[C@H]3O[C@H]2n2cnc3c(N)ncnc32)[C@@H]4O)cc1)C(C)C)C(=O)O. The summed E-state index contributed by atoms with van der Waals surface area (Å²) in [6, 6.07) is 4.71. The zero-order chi connectivity index (χ0) is 69.6. The predicted molar refractivity (Wildman–Crippen MR) is 345 cm³/mol. The Hall–Kier alpha value is -7.58. The minimum atomic E-state index is -4.45. The fraction of sp³-hybridized carbons (Fsp3) is 0.571. The summed E-state index contributed by atoms with van der Waals surface area (Å²) in [5, 5.41) is 31.3. The fourth-order valence-corrected chi connectivity index (χ4v) is 13.5. The molecule has 40 heteroatoms. The molecule has 7 heterocycles. The third kappa shape index (κ3) is 20.0. The van der Waals surface area contributed by atoms with Crippen molar-refractivity contribution in [2.45, 2.75) is 147 Å². The number of aromatic nitrogens is 8. The number of nitrogen functional groups attached to an aromatic ring is 2. The first-order valence-electron chi connectivity index (χ1n) is 30.6. The third-order valence-corrected chi connectivity index (χ3v) is 18.9. The fourth-order valence-electron chi connectivity index (χ4n) is 10.6. The average molecular weight is 1420 g/mol. The van der Waals surface area contributed by atoms with Gasteiger partial charge in [0.2, 0.25) is 17.7 Å². The molecule has 3 saturated heterocycles. The Kier molecular flexibility index (Phi) is 26.0. The molecule has 5 aromatic rings. The molecule has 36 nitrogen and oxygen atoms in total. The minimum Gasteiger partial charge on any atom is -0.481 e. The van der Waals surface area contributed by atoms with Crippen LogP contribution in [0.3, 0.4) is 0 Å². The number of imidazole rings is 2. The summed E-state index contributed by atoms with van der Waals surface area (Å²) >= 11 is 11.0. The number of aliphatic hydroxyl groups is 1. The number of hydrogen-bond acceptors (Lipinski definition) is 27. The number of esters is 1. The van der Waals surface area contributed by atoms with Crippen LogP contribution < -0.4 is 38.5 Å². The molecular formula is C56H78N16O20P2S2. The van der Waals surface area contributed by atoms with E-state index in [9.17, 15) is 53.2 Å². The smallest absolute Gasteiger partial charge is 0.409 e. The lowest BCUT2D eigenvalue weighted by atomic mass is 9.89. The van der Waals surface area contributed by atoms with Crippen molar-refractivity contribution < 1.29 is 95.4 Å². The lowest BCUT2D eigenvalue weighted by molar-refractivity contribution is -0.158. The van der Waals surface area contributed by atoms with Crippen LogP contribution in [-0.2, 0) is 96.0 Å². The average Bonchev–Trinajstić information content (AvgIpc) is 1.61. The molecule has 3 unspecified atom stereocenters. The van der Waals surface area contributed by atoms with E-state index in [4.69, 9.17) is 83.0 Å². The van der Waals surface area contributed by atoms with E-state index in [0.717, 1.165) is 0 Å². The van der Waals surface area contributed by atoms with Gasteiger partial charge in [0.15, 0.2) is 47.3 Å². The molecule has 0 radical (unpaired) electrons. The van der Waals surface area contributed by atoms with E-state index in [0.29, 0.717) is 43.5 Å². The van der Waals surface area contributed by atoms with Gasteiger partial charge in [-0.2, -0.15) is 0 Å². The number of carbonyl (C=O) groups excluding carboxylic acids is 7. The summed E-state index contributed by atoms with van der Waals surface area (Å²) in [6.07, 6.45) is -5.74. The van der Waals surface area contributed by atoms with Crippen LogP contribution in [0.25, 0.3) is 22.3 Å². The number of carbonyl (C=O) groups is 8. The topological polar surface area (TPSA) is 508 Å². The van der Waals surface area contributed by atoms with Crippen molar-refractivity contribution in [3.05, 3.63) is 55.1 Å². The number of rotatable bonds is 29. The Balaban J connectivity index is 0.843. The number of anilines is 3. The second kappa shape index (κ2) is 33.6. The number of urea groups is 1. The molecule has 524 valence electrons. The maximum Gasteiger partial charge on any atom is 0.409 e. The lowest BCUT2D eigenvalue weighted by Crippen LogP contribution is -2.45. The highest BCUT2D eigenvalue weighted by atomic mass is 32.5. The maximum atomic E-state index is 13.9. The number of carboxylic acid groups (broad SMARTS) is 1. The second-order valence-corrected chi connectivity index (χ2v) is 29.0. The monoisotopic (exact) mass is 1420 g/mol. The van der Waals surface area contributed by atoms with Crippen LogP contribution >= 0.6 is 13.4 Å². The summed E-state index contributed by atoms with van der Waals surface area (Å²) in [7, 11) is 1.45. The van der Waals surface area contributed by atoms with E-state index in [1.807, 2.05) is 0 Å². The van der Waals surface area contributed by atoms with Crippen LogP contribution in [0.2, 0.25) is 0 Å². The molecule has 13 atom stereocenters. The number of ether oxygens (including phenoxy) is 4. The Morgan fingerprint density at radius 1 is 0.750 bits per heavy atom. The van der Waals surface area contributed by atoms with Gasteiger partial charge in [-0.1, -0.05) is 39.3 Å². The summed E-state index contributed by atoms with van der Waals surface area (Å²) in [6.45, 7) is -4.89. The Morgan fingerprint density at radius 2 is 1.35 bits per heavy atom. The number of nitrogens with one attached hydrogen (secondary N) is 4. The third-order valence-electron chi connectivity index (χ3n) is 15.8. The maximum absolute atomic E-state index is 13.9. The molecule has 1 aromatic carbocycles. The van der Waals surface area contributed by atoms with Crippen LogP contribution in [-0.4, -0.2) is 194 Å². The van der Waals surface area contributed by atoms with Crippen LogP contribution in [0.1, 0.15) is 103 Å². The van der Waals surface area contributed by atoms with Gasteiger partial charge >= 0.3 is 37.5 Å². The van der Waals surface area contributed by atoms with Crippen molar-refractivity contribution in [2.24, 2.45) is 23.5 Å². The molecule has 0 aliphatic carbocycles. The quantitative estimate of drug-likeness (QED) is 0.0185. The van der Waals surface area contributed by atoms with E-state index in [1.165, 1.54) is 53.3 Å². The molecule has 3 aliphatic rings. The highest BCUT2D eigenvalue weighted by Crippen LogP contribution is 2.54. The molecule has 4 aromatic heterocycles. The van der Waals surface area contributed by atoms with Gasteiger partial charge in [-0.3, -0.25) is 46.9 Å². The Labute approximate surface area is 559 Å². The first-order valence-corrected chi connectivity index (χ1v) is 35.7. The van der Waals surface area contributed by atoms with Crippen molar-refractivity contribution in [1.82, 2.24) is 59.9 Å². The van der Waals surface area contributed by atoms with E-state index < -0.39 is 124 Å². The molecule has 6 amide bonds. The number of nitrogens with zero attached hydrogens (tertiary/aromatic N) is 9. The number of primary amides is 1. The number of amides is 6. The van der Waals surface area contributed by atoms with Gasteiger partial charge < -0.3 is 91.4 Å². The molecule has 8 rings (SSSR count). The van der Waals surface area contributed by atoms with Crippen LogP contribution in [0.15, 0.2) is 49.6 Å². The minimum absolute atomic E-state index is 0.00536. The highest BCUT2D eigenvalue weighted by molar-refractivity contribution is 8.07. The molecule has 14 N–H and O–H groups in total. The van der Waals surface area contributed by atoms with Gasteiger partial charge in [0.25, 0.3) is 0 Å². The van der Waals surface area contributed by atoms with Crippen molar-refractivity contribution in [3.63, 3.8) is 0 Å². The molecule has 3 fully saturated rings. The largest absolute Gasteiger partial charge is 0.481 e. The molecule has 0 saturated carbocycles. The summed E-state index contributed by atoms with van der Waals surface area (Å²) in [5.41, 5.74) is 18.9. The number of aliphatic hydroxyl groups excluding tert-OH is 1. The number of unbranched alkanes of at least 4 members (excludes halogenated alkanes) is 2. The normalized spacial score (nSPS) is 24.5. The standard InChI is InChI=1S/C56H78N16O20P2S2/c1-29(2)40(69-37(74)11-6-5-7-17-60-38(75)20-30(3)54(79)80)34(73)21-32(10-8-18-61-55(59)81)51(78)68-33-15-13-31(14-16-33)22-85-56(82)70(4)19-9-12-39(76)90-46-44-36(89-53(46)72-28-67-42-48(58)63-26-65-50(42)72)24-87-94(84,96)92-45-43(77)35(23-86-93(83,95)91-44)88-52(45)71-27-66-41-47(57)62-25-64-49(41)71/h13-16,25-30,32,35-36,40,43-46,52-53,77H,5-12,17-24H2,1-4H3,(H,60,75)(H,68,78)(H,69,74)(H,79,80)(H,83,95)(H,84,96)(H2,57,62,64)(H2,58,63,65)(H3,59,61,81)/t30?,32-,35-,36-,40+,43-,44-,45-,46-,52-,53-,93?,94?/m1/s1. The number of nitrogens with two attached hydrogens (primary N) is 3. The second-order valence-electron chi connectivity index (χ2n) is 23.4. The van der Waals surface area contributed by atoms with Crippen LogP contribution in [0.5, 0.6) is 0 Å². The number of fused-ring (bicyclic) bond motifs is 5. The number of Topliss-reactive ketones (excluding diaryl/α,β-unsaturated/α-hetero) is 1. The number of aliphatic carboxylic acids is 1. The highest BCUT2D eigenvalue weighted by Gasteiger charge is 2.54. The van der Waals surface area contributed by atoms with Crippen molar-refractivity contribution in [1.29, 1.82) is 0 Å². The van der Waals surface area contributed by atoms with Gasteiger partial charge in [0, 0.05) is 64.0 Å². The summed E-state index contributed by atoms with van der Waals surface area (Å²) < 4.78 is 50.6. The van der Waals surface area contributed by atoms with Crippen LogP contribution in [0, 0.1) is 17.8 Å². The molecular weight excluding hydrogens is 1340 g/mol. The van der Waals surface area contributed by atoms with Gasteiger partial charge in [-0.05, 0) is 79.3 Å². The lowest BCUT2D eigenvalue weighted by Gasteiger charge is -2.29. The number of benzene rings is 1. The van der Waals surface area contributed by atoms with Gasteiger partial charge in [0.05, 0.1) is 37.8 Å². The van der Waals surface area contributed by atoms with Crippen molar-refractivity contribution in [3.8, 4) is 0 Å². The van der Waals surface area contributed by atoms with E-state index in [2.05, 4.69) is 51.2 Å². The predicted octanol–water partition coefficient (Wildman–Crippen LogP) is 2.09. The van der Waals surface area contributed by atoms with Gasteiger partial charge in [-0.15, -0.1) is 0 Å². The number of carboxylic acids is 1. The van der Waals surface area contributed by atoms with Gasteiger partial charge in [-0.25, -0.2) is 39.5 Å². The Morgan fingerprint density at radius 3 is 1.98 bits per heavy atom. The zero-order valence-corrected chi connectivity index (χ0v) is 56.1. The first kappa shape index (κ1) is 74.2. The molecule has 2 bridgehead atoms. The summed E-state index contributed by atoms with van der Waals surface area (Å²) in [5.74, 6) is -5.49. The number of ketones is 1. The van der Waals surface area contributed by atoms with E-state index >= 15 is 0 Å². The van der Waals surface area contributed by atoms with Crippen molar-refractivity contribution in [2.75, 3.05) is 56.7 Å². The summed E-state index contributed by atoms with van der Waals surface area (Å²) in [4.78, 5) is 152.